The summed E-state index contributed by atoms with van der Waals surface area (Å²) in [5.74, 6) is 1.59. The number of halogens is 3. The van der Waals surface area contributed by atoms with Crippen molar-refractivity contribution >= 4 is 0 Å². The van der Waals surface area contributed by atoms with Gasteiger partial charge in [-0.3, -0.25) is 0 Å². The topological polar surface area (TPSA) is 3.24 Å². The first-order valence-electron chi connectivity index (χ1n) is 3.98. The number of rotatable bonds is 4. The maximum atomic E-state index is 2.40. The summed E-state index contributed by atoms with van der Waals surface area (Å²) in [5, 5.41) is 0. The van der Waals surface area contributed by atoms with Crippen LogP contribution < -0.4 is 37.2 Å². The number of hydrogen-bond donors (Lipinski definition) is 0. The van der Waals surface area contributed by atoms with Gasteiger partial charge in [0.1, 0.15) is 0 Å². The molecule has 0 saturated carbocycles. The molecule has 13 heavy (non-hydrogen) atoms. The van der Waals surface area contributed by atoms with Crippen molar-refractivity contribution in [3.05, 3.63) is 0 Å². The van der Waals surface area contributed by atoms with Crippen LogP contribution >= 0.6 is 0 Å². The molecule has 0 fully saturated rings. The van der Waals surface area contributed by atoms with Gasteiger partial charge >= 0.3 is 76.7 Å². The molecule has 0 aliphatic rings. The zero-order valence-electron chi connectivity index (χ0n) is 8.65. The maximum absolute atomic E-state index is 2.40. The smallest absolute Gasteiger partial charge is 1.00 e. The number of hydrogen-bond acceptors (Lipinski definition) is 1. The Balaban J connectivity index is -0.000000135. The molecule has 0 atom stereocenters. The SMILES string of the molecule is CC(C)C[N]([Ti+3])CC(C)C.[Cl-].[Cl-].[Cl-]. The second-order valence-electron chi connectivity index (χ2n) is 3.69. The van der Waals surface area contributed by atoms with Crippen LogP contribution in [-0.2, 0) is 20.7 Å². The van der Waals surface area contributed by atoms with E-state index in [1.54, 1.807) is 0 Å². The molecule has 5 heteroatoms. The van der Waals surface area contributed by atoms with Crippen LogP contribution in [0.4, 0.5) is 0 Å². The Bertz CT molecular complexity index is 81.5. The monoisotopic (exact) mass is 281 g/mol. The molecule has 80 valence electrons. The third-order valence-electron chi connectivity index (χ3n) is 1.17. The average Bonchev–Trinajstić information content (AvgIpc) is 1.58. The molecule has 0 aromatic heterocycles. The van der Waals surface area contributed by atoms with Gasteiger partial charge in [0.05, 0.1) is 0 Å². The molecule has 0 radical (unpaired) electrons. The van der Waals surface area contributed by atoms with Crippen molar-refractivity contribution in [3.63, 3.8) is 0 Å². The second kappa shape index (κ2) is 13.5. The Morgan fingerprint density at radius 3 is 1.23 bits per heavy atom. The fourth-order valence-electron chi connectivity index (χ4n) is 0.956. The zero-order valence-corrected chi connectivity index (χ0v) is 12.5. The summed E-state index contributed by atoms with van der Waals surface area (Å²) < 4.78 is 2.40. The zero-order chi connectivity index (χ0) is 8.15. The molecule has 0 aliphatic heterocycles. The second-order valence-corrected chi connectivity index (χ2v) is 4.68. The van der Waals surface area contributed by atoms with E-state index in [-0.39, 0.29) is 37.2 Å². The molecular formula is C8H18Cl3NTi. The van der Waals surface area contributed by atoms with E-state index in [9.17, 15) is 0 Å². The minimum atomic E-state index is 0. The fraction of sp³-hybridized carbons (Fsp3) is 1.00. The molecule has 0 aliphatic carbocycles. The van der Waals surface area contributed by atoms with Gasteiger partial charge in [0.25, 0.3) is 0 Å². The molecule has 0 unspecified atom stereocenters. The van der Waals surface area contributed by atoms with Gasteiger partial charge in [-0.25, -0.2) is 0 Å². The van der Waals surface area contributed by atoms with E-state index in [2.05, 4.69) is 51.8 Å². The van der Waals surface area contributed by atoms with Crippen LogP contribution in [-0.4, -0.2) is 16.5 Å². The molecule has 0 aromatic rings. The summed E-state index contributed by atoms with van der Waals surface area (Å²) in [7, 11) is 0. The Morgan fingerprint density at radius 2 is 1.08 bits per heavy atom. The summed E-state index contributed by atoms with van der Waals surface area (Å²) >= 11 is 2.19. The molecule has 0 bridgehead atoms. The van der Waals surface area contributed by atoms with E-state index < -0.39 is 0 Å². The van der Waals surface area contributed by atoms with Crippen molar-refractivity contribution in [2.24, 2.45) is 11.8 Å². The van der Waals surface area contributed by atoms with Crippen molar-refractivity contribution in [3.8, 4) is 0 Å². The minimum Gasteiger partial charge on any atom is -1.00 e. The first-order valence-corrected chi connectivity index (χ1v) is 4.68. The Morgan fingerprint density at radius 1 is 0.846 bits per heavy atom. The first kappa shape index (κ1) is 24.0. The standard InChI is InChI=1S/C8H18N.3ClH.Ti/c1-7(2)5-9-6-8(3)4;;;;/h7-8H,5-6H2,1-4H3;3*1H;/q-1;;;;+4/p-3. The van der Waals surface area contributed by atoms with Gasteiger partial charge in [0.2, 0.25) is 0 Å². The Labute approximate surface area is 113 Å². The van der Waals surface area contributed by atoms with Gasteiger partial charge in [0, 0.05) is 0 Å². The molecule has 0 amide bonds. The Hall–Kier alpha value is 1.54. The van der Waals surface area contributed by atoms with Crippen LogP contribution in [0.3, 0.4) is 0 Å². The molecule has 0 saturated heterocycles. The van der Waals surface area contributed by atoms with E-state index >= 15 is 0 Å². The van der Waals surface area contributed by atoms with E-state index in [0.29, 0.717) is 0 Å². The fourth-order valence-corrected chi connectivity index (χ4v) is 2.10. The van der Waals surface area contributed by atoms with Crippen LogP contribution in [0, 0.1) is 11.8 Å². The van der Waals surface area contributed by atoms with Gasteiger partial charge in [-0.2, -0.15) is 0 Å². The van der Waals surface area contributed by atoms with Crippen LogP contribution in [0.1, 0.15) is 27.7 Å². The van der Waals surface area contributed by atoms with Gasteiger partial charge in [-0.1, -0.05) is 0 Å². The van der Waals surface area contributed by atoms with Crippen molar-refractivity contribution in [2.75, 3.05) is 13.1 Å². The van der Waals surface area contributed by atoms with Gasteiger partial charge in [0.15, 0.2) is 0 Å². The van der Waals surface area contributed by atoms with Crippen LogP contribution in [0.25, 0.3) is 0 Å². The van der Waals surface area contributed by atoms with E-state index in [1.165, 1.54) is 13.1 Å². The predicted octanol–water partition coefficient (Wildman–Crippen LogP) is -6.93. The van der Waals surface area contributed by atoms with Gasteiger partial charge in [-0.15, -0.1) is 0 Å². The summed E-state index contributed by atoms with van der Waals surface area (Å²) in [6, 6.07) is 0. The summed E-state index contributed by atoms with van der Waals surface area (Å²) in [6.45, 7) is 11.5. The average molecular weight is 282 g/mol. The normalized spacial score (nSPS) is 9.31. The summed E-state index contributed by atoms with van der Waals surface area (Å²) in [6.07, 6.45) is 0. The van der Waals surface area contributed by atoms with E-state index in [4.69, 9.17) is 0 Å². The van der Waals surface area contributed by atoms with E-state index in [0.717, 1.165) is 11.8 Å². The predicted molar refractivity (Wildman–Crippen MR) is 41.2 cm³/mol. The third-order valence-corrected chi connectivity index (χ3v) is 1.74. The molecule has 1 nitrogen and oxygen atoms in total. The first-order chi connectivity index (χ1) is 4.52. The van der Waals surface area contributed by atoms with Crippen LogP contribution in [0.2, 0.25) is 0 Å². The number of nitrogens with zero attached hydrogens (tertiary/aromatic N) is 1. The van der Waals surface area contributed by atoms with E-state index in [1.807, 2.05) is 0 Å². The van der Waals surface area contributed by atoms with Crippen molar-refractivity contribution < 1.29 is 57.9 Å². The summed E-state index contributed by atoms with van der Waals surface area (Å²) in [4.78, 5) is 0. The van der Waals surface area contributed by atoms with Gasteiger partial charge < -0.3 is 37.2 Å². The molecule has 0 rings (SSSR count). The molecule has 0 N–H and O–H groups in total. The summed E-state index contributed by atoms with van der Waals surface area (Å²) in [5.41, 5.74) is 0. The van der Waals surface area contributed by atoms with Gasteiger partial charge in [-0.05, 0) is 0 Å². The molecule has 0 aromatic carbocycles. The van der Waals surface area contributed by atoms with Crippen LogP contribution in [0.15, 0.2) is 0 Å². The largest absolute Gasteiger partial charge is 1.00 e. The third kappa shape index (κ3) is 19.8. The molecule has 0 spiro atoms. The van der Waals surface area contributed by atoms with Crippen molar-refractivity contribution in [1.29, 1.82) is 0 Å². The van der Waals surface area contributed by atoms with Crippen molar-refractivity contribution in [2.45, 2.75) is 27.7 Å². The van der Waals surface area contributed by atoms with Crippen LogP contribution in [0.5, 0.6) is 0 Å². The molecule has 0 heterocycles. The van der Waals surface area contributed by atoms with Crippen molar-refractivity contribution in [1.82, 2.24) is 3.38 Å². The molecular weight excluding hydrogens is 264 g/mol. The maximum Gasteiger partial charge on any atom is -1.00 e. The quantitative estimate of drug-likeness (QED) is 0.463. The Kier molecular flexibility index (Phi) is 25.0. The minimum absolute atomic E-state index is 0.